The topological polar surface area (TPSA) is 52.0 Å². The third-order valence-corrected chi connectivity index (χ3v) is 4.41. The normalized spacial score (nSPS) is 24.4. The Labute approximate surface area is 114 Å². The second kappa shape index (κ2) is 5.58. The zero-order valence-corrected chi connectivity index (χ0v) is 11.2. The van der Waals surface area contributed by atoms with Gasteiger partial charge in [0.1, 0.15) is 5.82 Å². The number of nitrogens with zero attached hydrogens (tertiary/aromatic N) is 3. The van der Waals surface area contributed by atoms with Crippen molar-refractivity contribution in [3.8, 4) is 6.07 Å². The van der Waals surface area contributed by atoms with Gasteiger partial charge >= 0.3 is 0 Å². The fourth-order valence-corrected chi connectivity index (χ4v) is 3.31. The summed E-state index contributed by atoms with van der Waals surface area (Å²) >= 11 is 0. The smallest absolute Gasteiger partial charge is 0.129 e. The number of hydrogen-bond acceptors (Lipinski definition) is 4. The Kier molecular flexibility index (Phi) is 3.65. The summed E-state index contributed by atoms with van der Waals surface area (Å²) in [5.74, 6) is 1.77. The molecule has 1 N–H and O–H groups in total. The highest BCUT2D eigenvalue weighted by Gasteiger charge is 2.28. The van der Waals surface area contributed by atoms with Crippen molar-refractivity contribution in [2.24, 2.45) is 5.92 Å². The van der Waals surface area contributed by atoms with Gasteiger partial charge in [0.15, 0.2) is 0 Å². The SMILES string of the molecule is N#Cc1ccnc(N2CCC(C3CCCN3)CC2)c1. The minimum absolute atomic E-state index is 0.699. The molecule has 0 amide bonds. The Morgan fingerprint density at radius 3 is 2.84 bits per heavy atom. The molecule has 3 heterocycles. The Morgan fingerprint density at radius 1 is 1.32 bits per heavy atom. The third kappa shape index (κ3) is 2.71. The van der Waals surface area contributed by atoms with Gasteiger partial charge in [0.2, 0.25) is 0 Å². The summed E-state index contributed by atoms with van der Waals surface area (Å²) < 4.78 is 0. The number of piperidine rings is 1. The highest BCUT2D eigenvalue weighted by Crippen LogP contribution is 2.27. The van der Waals surface area contributed by atoms with Crippen molar-refractivity contribution in [1.82, 2.24) is 10.3 Å². The summed E-state index contributed by atoms with van der Waals surface area (Å²) in [6, 6.07) is 6.58. The lowest BCUT2D eigenvalue weighted by Gasteiger charge is -2.35. The maximum absolute atomic E-state index is 8.94. The fourth-order valence-electron chi connectivity index (χ4n) is 3.31. The minimum atomic E-state index is 0.699. The maximum Gasteiger partial charge on any atom is 0.129 e. The van der Waals surface area contributed by atoms with Crippen molar-refractivity contribution >= 4 is 5.82 Å². The lowest BCUT2D eigenvalue weighted by Crippen LogP contribution is -2.41. The van der Waals surface area contributed by atoms with Gasteiger partial charge in [-0.3, -0.25) is 0 Å². The van der Waals surface area contributed by atoms with Gasteiger partial charge in [-0.15, -0.1) is 0 Å². The molecule has 0 aromatic carbocycles. The van der Waals surface area contributed by atoms with E-state index in [0.717, 1.165) is 30.9 Å². The summed E-state index contributed by atoms with van der Waals surface area (Å²) in [5.41, 5.74) is 0.699. The second-order valence-corrected chi connectivity index (χ2v) is 5.54. The molecular weight excluding hydrogens is 236 g/mol. The second-order valence-electron chi connectivity index (χ2n) is 5.54. The highest BCUT2D eigenvalue weighted by atomic mass is 15.2. The molecule has 100 valence electrons. The van der Waals surface area contributed by atoms with E-state index in [4.69, 9.17) is 5.26 Å². The average molecular weight is 256 g/mol. The Hall–Kier alpha value is -1.60. The molecule has 4 heteroatoms. The van der Waals surface area contributed by atoms with Crippen LogP contribution in [0, 0.1) is 17.2 Å². The molecule has 2 aliphatic rings. The van der Waals surface area contributed by atoms with E-state index in [9.17, 15) is 0 Å². The van der Waals surface area contributed by atoms with Crippen molar-refractivity contribution in [3.63, 3.8) is 0 Å². The average Bonchev–Trinajstić information content (AvgIpc) is 3.02. The van der Waals surface area contributed by atoms with Crippen LogP contribution in [0.4, 0.5) is 5.82 Å². The van der Waals surface area contributed by atoms with Crippen molar-refractivity contribution in [1.29, 1.82) is 5.26 Å². The van der Waals surface area contributed by atoms with Crippen molar-refractivity contribution in [3.05, 3.63) is 23.9 Å². The Bertz CT molecular complexity index is 465. The first-order valence-electron chi connectivity index (χ1n) is 7.21. The quantitative estimate of drug-likeness (QED) is 0.878. The molecule has 1 unspecified atom stereocenters. The molecule has 1 atom stereocenters. The lowest BCUT2D eigenvalue weighted by molar-refractivity contribution is 0.318. The van der Waals surface area contributed by atoms with Crippen LogP contribution < -0.4 is 10.2 Å². The molecule has 4 nitrogen and oxygen atoms in total. The highest BCUT2D eigenvalue weighted by molar-refractivity contribution is 5.45. The first-order chi connectivity index (χ1) is 9.36. The molecule has 0 saturated carbocycles. The Morgan fingerprint density at radius 2 is 2.16 bits per heavy atom. The van der Waals surface area contributed by atoms with Crippen LogP contribution in [0.1, 0.15) is 31.2 Å². The van der Waals surface area contributed by atoms with Gasteiger partial charge in [0.05, 0.1) is 11.6 Å². The van der Waals surface area contributed by atoms with E-state index in [2.05, 4.69) is 21.3 Å². The molecule has 2 fully saturated rings. The first kappa shape index (κ1) is 12.4. The molecule has 1 aromatic rings. The number of hydrogen-bond donors (Lipinski definition) is 1. The van der Waals surface area contributed by atoms with E-state index in [0.29, 0.717) is 5.56 Å². The number of aromatic nitrogens is 1. The van der Waals surface area contributed by atoms with Crippen LogP contribution in [0.3, 0.4) is 0 Å². The molecule has 19 heavy (non-hydrogen) atoms. The third-order valence-electron chi connectivity index (χ3n) is 4.41. The molecule has 1 aromatic heterocycles. The maximum atomic E-state index is 8.94. The van der Waals surface area contributed by atoms with Gasteiger partial charge in [-0.2, -0.15) is 5.26 Å². The molecule has 0 radical (unpaired) electrons. The molecule has 0 bridgehead atoms. The van der Waals surface area contributed by atoms with Crippen molar-refractivity contribution in [2.45, 2.75) is 31.7 Å². The van der Waals surface area contributed by atoms with Crippen LogP contribution in [-0.2, 0) is 0 Å². The van der Waals surface area contributed by atoms with Gasteiger partial charge in [-0.1, -0.05) is 0 Å². The van der Waals surface area contributed by atoms with Crippen LogP contribution in [-0.4, -0.2) is 30.7 Å². The number of nitrogens with one attached hydrogen (secondary N) is 1. The first-order valence-corrected chi connectivity index (χ1v) is 7.21. The summed E-state index contributed by atoms with van der Waals surface area (Å²) in [7, 11) is 0. The largest absolute Gasteiger partial charge is 0.357 e. The monoisotopic (exact) mass is 256 g/mol. The fraction of sp³-hybridized carbons (Fsp3) is 0.600. The van der Waals surface area contributed by atoms with Crippen molar-refractivity contribution in [2.75, 3.05) is 24.5 Å². The zero-order valence-electron chi connectivity index (χ0n) is 11.2. The van der Waals surface area contributed by atoms with E-state index in [1.54, 1.807) is 12.3 Å². The molecule has 3 rings (SSSR count). The van der Waals surface area contributed by atoms with E-state index in [1.165, 1.54) is 32.2 Å². The predicted octanol–water partition coefficient (Wildman–Crippen LogP) is 1.92. The summed E-state index contributed by atoms with van der Waals surface area (Å²) in [6.45, 7) is 3.31. The van der Waals surface area contributed by atoms with E-state index in [-0.39, 0.29) is 0 Å². The van der Waals surface area contributed by atoms with E-state index < -0.39 is 0 Å². The van der Waals surface area contributed by atoms with Crippen LogP contribution in [0.15, 0.2) is 18.3 Å². The minimum Gasteiger partial charge on any atom is -0.357 e. The van der Waals surface area contributed by atoms with E-state index in [1.807, 2.05) is 6.07 Å². The van der Waals surface area contributed by atoms with Crippen LogP contribution in [0.2, 0.25) is 0 Å². The Balaban J connectivity index is 1.61. The van der Waals surface area contributed by atoms with Gasteiger partial charge in [-0.25, -0.2) is 4.98 Å². The number of anilines is 1. The summed E-state index contributed by atoms with van der Waals surface area (Å²) in [5, 5.41) is 12.6. The predicted molar refractivity (Wildman–Crippen MR) is 74.9 cm³/mol. The van der Waals surface area contributed by atoms with Gasteiger partial charge in [-0.05, 0) is 50.3 Å². The summed E-state index contributed by atoms with van der Waals surface area (Å²) in [6.07, 6.45) is 6.87. The van der Waals surface area contributed by atoms with Gasteiger partial charge in [0, 0.05) is 25.3 Å². The molecule has 0 aliphatic carbocycles. The number of pyridine rings is 1. The summed E-state index contributed by atoms with van der Waals surface area (Å²) in [4.78, 5) is 6.70. The molecule has 2 saturated heterocycles. The van der Waals surface area contributed by atoms with Gasteiger partial charge in [0.25, 0.3) is 0 Å². The zero-order chi connectivity index (χ0) is 13.1. The standard InChI is InChI=1S/C15H20N4/c16-11-12-3-7-18-15(10-12)19-8-4-13(5-9-19)14-2-1-6-17-14/h3,7,10,13-14,17H,1-2,4-6,8-9H2. The van der Waals surface area contributed by atoms with Crippen LogP contribution in [0.5, 0.6) is 0 Å². The molecule has 0 spiro atoms. The van der Waals surface area contributed by atoms with Crippen molar-refractivity contribution < 1.29 is 0 Å². The van der Waals surface area contributed by atoms with Crippen LogP contribution in [0.25, 0.3) is 0 Å². The number of nitriles is 1. The lowest BCUT2D eigenvalue weighted by atomic mass is 9.88. The molecular formula is C15H20N4. The van der Waals surface area contributed by atoms with E-state index >= 15 is 0 Å². The van der Waals surface area contributed by atoms with Gasteiger partial charge < -0.3 is 10.2 Å². The number of rotatable bonds is 2. The molecule has 2 aliphatic heterocycles. The van der Waals surface area contributed by atoms with Crippen LogP contribution >= 0.6 is 0 Å².